The van der Waals surface area contributed by atoms with E-state index < -0.39 is 0 Å². The molecule has 0 radical (unpaired) electrons. The van der Waals surface area contributed by atoms with Crippen LogP contribution in [0.4, 0.5) is 5.82 Å². The lowest BCUT2D eigenvalue weighted by Gasteiger charge is -2.09. The van der Waals surface area contributed by atoms with Crippen molar-refractivity contribution in [3.63, 3.8) is 0 Å². The maximum Gasteiger partial charge on any atom is 0.273 e. The van der Waals surface area contributed by atoms with Gasteiger partial charge in [-0.2, -0.15) is 9.78 Å². The third-order valence-electron chi connectivity index (χ3n) is 3.00. The van der Waals surface area contributed by atoms with Crippen LogP contribution in [0.5, 0.6) is 17.2 Å². The number of nitrogens with zero attached hydrogens (tertiary/aromatic N) is 2. The van der Waals surface area contributed by atoms with Crippen LogP contribution < -0.4 is 20.8 Å². The largest absolute Gasteiger partial charge is 0.502 e. The third-order valence-corrected chi connectivity index (χ3v) is 3.00. The van der Waals surface area contributed by atoms with Gasteiger partial charge in [-0.1, -0.05) is 0 Å². The first-order chi connectivity index (χ1) is 10.5. The number of nitrogen functional groups attached to an aromatic ring is 1. The molecule has 116 valence electrons. The maximum absolute atomic E-state index is 11.9. The van der Waals surface area contributed by atoms with E-state index in [0.29, 0.717) is 5.56 Å². The van der Waals surface area contributed by atoms with Gasteiger partial charge >= 0.3 is 0 Å². The SMILES string of the molecule is COc1cc(/C=N/n2c(N)cc(C)cc2=O)cc(OC)c1O. The smallest absolute Gasteiger partial charge is 0.273 e. The summed E-state index contributed by atoms with van der Waals surface area (Å²) in [6.45, 7) is 1.78. The Balaban J connectivity index is 2.45. The number of aryl methyl sites for hydroxylation is 1. The zero-order chi connectivity index (χ0) is 16.3. The van der Waals surface area contributed by atoms with Crippen molar-refractivity contribution in [2.24, 2.45) is 5.10 Å². The highest BCUT2D eigenvalue weighted by molar-refractivity contribution is 5.82. The Morgan fingerprint density at radius 3 is 2.27 bits per heavy atom. The summed E-state index contributed by atoms with van der Waals surface area (Å²) in [5.74, 6) is 0.614. The molecule has 0 fully saturated rings. The van der Waals surface area contributed by atoms with Gasteiger partial charge in [-0.25, -0.2) is 0 Å². The molecule has 0 amide bonds. The zero-order valence-electron chi connectivity index (χ0n) is 12.5. The van der Waals surface area contributed by atoms with Crippen molar-refractivity contribution in [2.75, 3.05) is 20.0 Å². The molecular formula is C15H17N3O4. The second kappa shape index (κ2) is 6.21. The van der Waals surface area contributed by atoms with Crippen LogP contribution in [0, 0.1) is 6.92 Å². The number of nitrogens with two attached hydrogens (primary N) is 1. The van der Waals surface area contributed by atoms with Crippen LogP contribution in [-0.2, 0) is 0 Å². The van der Waals surface area contributed by atoms with Gasteiger partial charge in [-0.05, 0) is 30.7 Å². The number of aromatic hydroxyl groups is 1. The Labute approximate surface area is 127 Å². The Morgan fingerprint density at radius 2 is 1.77 bits per heavy atom. The van der Waals surface area contributed by atoms with Crippen molar-refractivity contribution in [3.05, 3.63) is 45.7 Å². The lowest BCUT2D eigenvalue weighted by atomic mass is 10.2. The average Bonchev–Trinajstić information content (AvgIpc) is 2.47. The lowest BCUT2D eigenvalue weighted by molar-refractivity contribution is 0.340. The molecule has 7 heteroatoms. The number of hydrogen-bond acceptors (Lipinski definition) is 6. The maximum atomic E-state index is 11.9. The molecule has 1 aromatic carbocycles. The second-order valence-electron chi connectivity index (χ2n) is 4.63. The van der Waals surface area contributed by atoms with Gasteiger partial charge in [0.15, 0.2) is 11.5 Å². The van der Waals surface area contributed by atoms with Gasteiger partial charge in [0.2, 0.25) is 5.75 Å². The molecule has 0 spiro atoms. The molecular weight excluding hydrogens is 286 g/mol. The highest BCUT2D eigenvalue weighted by Gasteiger charge is 2.10. The molecule has 7 nitrogen and oxygen atoms in total. The second-order valence-corrected chi connectivity index (χ2v) is 4.63. The molecule has 1 aromatic heterocycles. The van der Waals surface area contributed by atoms with Crippen molar-refractivity contribution >= 4 is 12.0 Å². The molecule has 0 unspecified atom stereocenters. The Kier molecular flexibility index (Phi) is 4.36. The first kappa shape index (κ1) is 15.4. The summed E-state index contributed by atoms with van der Waals surface area (Å²) in [7, 11) is 2.86. The fraction of sp³-hybridized carbons (Fsp3) is 0.200. The van der Waals surface area contributed by atoms with E-state index in [1.54, 1.807) is 25.1 Å². The van der Waals surface area contributed by atoms with Gasteiger partial charge < -0.3 is 20.3 Å². The van der Waals surface area contributed by atoms with Crippen LogP contribution in [0.15, 0.2) is 34.2 Å². The first-order valence-corrected chi connectivity index (χ1v) is 6.44. The zero-order valence-corrected chi connectivity index (χ0v) is 12.5. The highest BCUT2D eigenvalue weighted by atomic mass is 16.5. The number of benzene rings is 1. The molecule has 3 N–H and O–H groups in total. The van der Waals surface area contributed by atoms with Crippen LogP contribution in [0.2, 0.25) is 0 Å². The number of aromatic nitrogens is 1. The minimum Gasteiger partial charge on any atom is -0.502 e. The van der Waals surface area contributed by atoms with E-state index >= 15 is 0 Å². The molecule has 22 heavy (non-hydrogen) atoms. The Hall–Kier alpha value is -2.96. The van der Waals surface area contributed by atoms with E-state index in [9.17, 15) is 9.90 Å². The average molecular weight is 303 g/mol. The van der Waals surface area contributed by atoms with Crippen LogP contribution in [-0.4, -0.2) is 30.2 Å². The van der Waals surface area contributed by atoms with E-state index in [0.717, 1.165) is 10.2 Å². The van der Waals surface area contributed by atoms with Crippen LogP contribution >= 0.6 is 0 Å². The van der Waals surface area contributed by atoms with E-state index in [4.69, 9.17) is 15.2 Å². The van der Waals surface area contributed by atoms with Crippen molar-refractivity contribution < 1.29 is 14.6 Å². The van der Waals surface area contributed by atoms with Crippen molar-refractivity contribution in [3.8, 4) is 17.2 Å². The van der Waals surface area contributed by atoms with Gasteiger partial charge in [0, 0.05) is 11.6 Å². The fourth-order valence-corrected chi connectivity index (χ4v) is 1.96. The quantitative estimate of drug-likeness (QED) is 0.830. The first-order valence-electron chi connectivity index (χ1n) is 6.44. The summed E-state index contributed by atoms with van der Waals surface area (Å²) >= 11 is 0. The summed E-state index contributed by atoms with van der Waals surface area (Å²) in [5, 5.41) is 13.9. The van der Waals surface area contributed by atoms with Gasteiger partial charge in [0.05, 0.1) is 20.4 Å². The molecule has 0 aliphatic heterocycles. The number of hydrogen-bond donors (Lipinski definition) is 2. The topological polar surface area (TPSA) is 99.1 Å². The van der Waals surface area contributed by atoms with Crippen molar-refractivity contribution in [1.29, 1.82) is 0 Å². The molecule has 0 bridgehead atoms. The molecule has 1 heterocycles. The van der Waals surface area contributed by atoms with E-state index in [1.165, 1.54) is 26.5 Å². The number of phenolic OH excluding ortho intramolecular Hbond substituents is 1. The van der Waals surface area contributed by atoms with Crippen LogP contribution in [0.25, 0.3) is 0 Å². The van der Waals surface area contributed by atoms with E-state index in [1.807, 2.05) is 0 Å². The Bertz CT molecular complexity index is 756. The highest BCUT2D eigenvalue weighted by Crippen LogP contribution is 2.36. The molecule has 0 saturated heterocycles. The minimum absolute atomic E-state index is 0.103. The summed E-state index contributed by atoms with van der Waals surface area (Å²) in [6, 6.07) is 6.22. The molecule has 0 saturated carbocycles. The van der Waals surface area contributed by atoms with Gasteiger partial charge in [-0.15, -0.1) is 0 Å². The third kappa shape index (κ3) is 3.03. The predicted molar refractivity (Wildman–Crippen MR) is 84.1 cm³/mol. The summed E-state index contributed by atoms with van der Waals surface area (Å²) < 4.78 is 11.2. The summed E-state index contributed by atoms with van der Waals surface area (Å²) in [6.07, 6.45) is 1.43. The summed E-state index contributed by atoms with van der Waals surface area (Å²) in [4.78, 5) is 11.9. The van der Waals surface area contributed by atoms with Crippen LogP contribution in [0.1, 0.15) is 11.1 Å². The molecule has 0 aliphatic rings. The number of methoxy groups -OCH3 is 2. The Morgan fingerprint density at radius 1 is 1.18 bits per heavy atom. The monoisotopic (exact) mass is 303 g/mol. The van der Waals surface area contributed by atoms with E-state index in [2.05, 4.69) is 5.10 Å². The number of phenols is 1. The lowest BCUT2D eigenvalue weighted by Crippen LogP contribution is -2.19. The number of pyridine rings is 1. The van der Waals surface area contributed by atoms with Crippen LogP contribution in [0.3, 0.4) is 0 Å². The molecule has 2 aromatic rings. The summed E-state index contributed by atoms with van der Waals surface area (Å²) in [5.41, 5.74) is 6.80. The standard InChI is InChI=1S/C15H17N3O4/c1-9-4-13(16)18(14(19)5-9)17-8-10-6-11(21-2)15(20)12(7-10)22-3/h4-8,20H,16H2,1-3H3/b17-8+. The molecule has 0 atom stereocenters. The van der Waals surface area contributed by atoms with Gasteiger partial charge in [0.1, 0.15) is 5.82 Å². The predicted octanol–water partition coefficient (Wildman–Crippen LogP) is 1.34. The normalized spacial score (nSPS) is 10.9. The number of ether oxygens (including phenoxy) is 2. The number of anilines is 1. The van der Waals surface area contributed by atoms with E-state index in [-0.39, 0.29) is 28.6 Å². The minimum atomic E-state index is -0.327. The van der Waals surface area contributed by atoms with Crippen molar-refractivity contribution in [2.45, 2.75) is 6.92 Å². The van der Waals surface area contributed by atoms with Crippen molar-refractivity contribution in [1.82, 2.24) is 4.68 Å². The molecule has 2 rings (SSSR count). The number of rotatable bonds is 4. The molecule has 0 aliphatic carbocycles. The van der Waals surface area contributed by atoms with Gasteiger partial charge in [0.25, 0.3) is 5.56 Å². The fourth-order valence-electron chi connectivity index (χ4n) is 1.96. The van der Waals surface area contributed by atoms with Gasteiger partial charge in [-0.3, -0.25) is 4.79 Å².